The minimum absolute atomic E-state index is 0.203. The molecule has 4 atom stereocenters. The van der Waals surface area contributed by atoms with E-state index in [1.807, 2.05) is 0 Å². The Morgan fingerprint density at radius 1 is 1.45 bits per heavy atom. The van der Waals surface area contributed by atoms with Crippen molar-refractivity contribution in [2.45, 2.75) is 30.8 Å². The zero-order valence-electron chi connectivity index (χ0n) is 10.7. The Hall–Kier alpha value is -1.81. The smallest absolute Gasteiger partial charge is 0.155 e. The molecular formula is C11H15N5O4. The molecule has 3 heterocycles. The van der Waals surface area contributed by atoms with E-state index in [0.29, 0.717) is 16.7 Å². The molecular weight excluding hydrogens is 266 g/mol. The van der Waals surface area contributed by atoms with E-state index in [2.05, 4.69) is 20.2 Å². The Balaban J connectivity index is 2.10. The van der Waals surface area contributed by atoms with Crippen LogP contribution < -0.4 is 5.73 Å². The first kappa shape index (κ1) is 13.2. The van der Waals surface area contributed by atoms with Crippen molar-refractivity contribution in [3.63, 3.8) is 0 Å². The molecule has 0 radical (unpaired) electrons. The first-order valence-corrected chi connectivity index (χ1v) is 6.08. The Kier molecular flexibility index (Phi) is 2.87. The van der Waals surface area contributed by atoms with Gasteiger partial charge in [0.05, 0.1) is 12.3 Å². The van der Waals surface area contributed by atoms with Crippen molar-refractivity contribution in [2.24, 2.45) is 0 Å². The van der Waals surface area contributed by atoms with E-state index in [4.69, 9.17) is 10.5 Å². The molecule has 1 fully saturated rings. The molecule has 20 heavy (non-hydrogen) atoms. The van der Waals surface area contributed by atoms with Gasteiger partial charge in [-0.3, -0.25) is 5.10 Å². The zero-order valence-corrected chi connectivity index (χ0v) is 10.7. The number of ether oxygens (including phenoxy) is 1. The summed E-state index contributed by atoms with van der Waals surface area (Å²) in [5.41, 5.74) is 5.26. The SMILES string of the molecule is C[C@]1(O)C(c2[nH]nc3c(N)ncnc23)OC(CO)[C@H]1O. The summed E-state index contributed by atoms with van der Waals surface area (Å²) < 4.78 is 5.51. The van der Waals surface area contributed by atoms with E-state index in [1.165, 1.54) is 13.3 Å². The van der Waals surface area contributed by atoms with Gasteiger partial charge in [-0.25, -0.2) is 9.97 Å². The molecule has 9 heteroatoms. The Morgan fingerprint density at radius 2 is 2.20 bits per heavy atom. The van der Waals surface area contributed by atoms with Gasteiger partial charge in [-0.2, -0.15) is 5.10 Å². The van der Waals surface area contributed by atoms with Crippen LogP contribution in [-0.2, 0) is 4.74 Å². The molecule has 0 aromatic carbocycles. The zero-order chi connectivity index (χ0) is 14.5. The lowest BCUT2D eigenvalue weighted by Gasteiger charge is -2.25. The van der Waals surface area contributed by atoms with Crippen LogP contribution in [0.25, 0.3) is 11.0 Å². The van der Waals surface area contributed by atoms with Crippen molar-refractivity contribution >= 4 is 16.9 Å². The third-order valence-electron chi connectivity index (χ3n) is 3.63. The number of nitrogens with one attached hydrogen (secondary N) is 1. The summed E-state index contributed by atoms with van der Waals surface area (Å²) in [4.78, 5) is 7.89. The average Bonchev–Trinajstić information content (AvgIpc) is 2.92. The fourth-order valence-electron chi connectivity index (χ4n) is 2.47. The summed E-state index contributed by atoms with van der Waals surface area (Å²) in [5.74, 6) is 0.203. The highest BCUT2D eigenvalue weighted by Crippen LogP contribution is 2.42. The van der Waals surface area contributed by atoms with Gasteiger partial charge in [0.1, 0.15) is 35.8 Å². The summed E-state index contributed by atoms with van der Waals surface area (Å²) >= 11 is 0. The molecule has 3 rings (SSSR count). The first-order chi connectivity index (χ1) is 9.46. The first-order valence-electron chi connectivity index (χ1n) is 6.08. The van der Waals surface area contributed by atoms with Gasteiger partial charge in [0.25, 0.3) is 0 Å². The molecule has 108 valence electrons. The number of fused-ring (bicyclic) bond motifs is 1. The van der Waals surface area contributed by atoms with E-state index < -0.39 is 30.5 Å². The Morgan fingerprint density at radius 3 is 2.85 bits per heavy atom. The summed E-state index contributed by atoms with van der Waals surface area (Å²) in [6.07, 6.45) is -1.74. The molecule has 9 nitrogen and oxygen atoms in total. The quantitative estimate of drug-likeness (QED) is 0.445. The normalized spacial score (nSPS) is 33.9. The average molecular weight is 281 g/mol. The monoisotopic (exact) mass is 281 g/mol. The van der Waals surface area contributed by atoms with Crippen molar-refractivity contribution in [3.05, 3.63) is 12.0 Å². The van der Waals surface area contributed by atoms with Gasteiger partial charge >= 0.3 is 0 Å². The van der Waals surface area contributed by atoms with E-state index in [0.717, 1.165) is 0 Å². The number of aliphatic hydroxyl groups is 3. The number of aliphatic hydroxyl groups excluding tert-OH is 2. The number of aromatic amines is 1. The Bertz CT molecular complexity index is 643. The van der Waals surface area contributed by atoms with Crippen LogP contribution in [-0.4, -0.2) is 59.9 Å². The minimum Gasteiger partial charge on any atom is -0.394 e. The van der Waals surface area contributed by atoms with E-state index in [1.54, 1.807) is 0 Å². The largest absolute Gasteiger partial charge is 0.394 e. The molecule has 2 unspecified atom stereocenters. The lowest BCUT2D eigenvalue weighted by atomic mass is 9.91. The van der Waals surface area contributed by atoms with Crippen molar-refractivity contribution in [1.29, 1.82) is 0 Å². The van der Waals surface area contributed by atoms with E-state index >= 15 is 0 Å². The van der Waals surface area contributed by atoms with Crippen LogP contribution in [0.4, 0.5) is 5.82 Å². The van der Waals surface area contributed by atoms with Gasteiger partial charge in [-0.15, -0.1) is 0 Å². The number of rotatable bonds is 2. The lowest BCUT2D eigenvalue weighted by Crippen LogP contribution is -2.43. The van der Waals surface area contributed by atoms with Crippen molar-refractivity contribution < 1.29 is 20.1 Å². The molecule has 0 spiro atoms. The third-order valence-corrected chi connectivity index (χ3v) is 3.63. The molecule has 1 aliphatic rings. The van der Waals surface area contributed by atoms with Crippen LogP contribution in [0, 0.1) is 0 Å². The second kappa shape index (κ2) is 4.35. The van der Waals surface area contributed by atoms with Crippen molar-refractivity contribution in [2.75, 3.05) is 12.3 Å². The maximum atomic E-state index is 10.4. The minimum atomic E-state index is -1.59. The predicted octanol–water partition coefficient (Wildman–Crippen LogP) is -1.52. The van der Waals surface area contributed by atoms with Crippen molar-refractivity contribution in [3.8, 4) is 0 Å². The summed E-state index contributed by atoms with van der Waals surface area (Å²) in [6, 6.07) is 0. The van der Waals surface area contributed by atoms with Gasteiger partial charge in [0.15, 0.2) is 11.3 Å². The standard InChI is InChI=1S/C11H15N5O4/c1-11(19)8(18)4(2-17)20-9(11)6-5-7(16-15-6)10(12)14-3-13-5/h3-4,8-9,17-19H,2H2,1H3,(H,15,16)(H2,12,13,14)/t4?,8-,9?,11-/m1/s1. The third kappa shape index (κ3) is 1.68. The molecule has 1 saturated heterocycles. The van der Waals surface area contributed by atoms with Crippen LogP contribution in [0.3, 0.4) is 0 Å². The number of nitrogens with zero attached hydrogens (tertiary/aromatic N) is 3. The highest BCUT2D eigenvalue weighted by molar-refractivity contribution is 5.85. The molecule has 0 aliphatic carbocycles. The Labute approximate surface area is 113 Å². The van der Waals surface area contributed by atoms with Gasteiger partial charge in [-0.1, -0.05) is 0 Å². The number of hydrogen-bond acceptors (Lipinski definition) is 8. The van der Waals surface area contributed by atoms with Crippen LogP contribution in [0.5, 0.6) is 0 Å². The molecule has 0 amide bonds. The van der Waals surface area contributed by atoms with Crippen LogP contribution in [0.15, 0.2) is 6.33 Å². The van der Waals surface area contributed by atoms with Gasteiger partial charge in [-0.05, 0) is 6.92 Å². The number of H-pyrrole nitrogens is 1. The second-order valence-electron chi connectivity index (χ2n) is 5.00. The highest BCUT2D eigenvalue weighted by Gasteiger charge is 2.53. The molecule has 0 saturated carbocycles. The predicted molar refractivity (Wildman–Crippen MR) is 67.4 cm³/mol. The van der Waals surface area contributed by atoms with Crippen LogP contribution >= 0.6 is 0 Å². The topological polar surface area (TPSA) is 150 Å². The molecule has 1 aliphatic heterocycles. The molecule has 2 aromatic heterocycles. The number of nitrogen functional groups attached to an aromatic ring is 1. The number of hydrogen-bond donors (Lipinski definition) is 5. The van der Waals surface area contributed by atoms with Gasteiger partial charge < -0.3 is 25.8 Å². The maximum absolute atomic E-state index is 10.4. The van der Waals surface area contributed by atoms with Gasteiger partial charge in [0, 0.05) is 0 Å². The number of aromatic nitrogens is 4. The molecule has 2 aromatic rings. The van der Waals surface area contributed by atoms with E-state index in [9.17, 15) is 15.3 Å². The maximum Gasteiger partial charge on any atom is 0.155 e. The molecule has 0 bridgehead atoms. The van der Waals surface area contributed by atoms with Crippen LogP contribution in [0.2, 0.25) is 0 Å². The molecule has 6 N–H and O–H groups in total. The summed E-state index contributed by atoms with van der Waals surface area (Å²) in [7, 11) is 0. The van der Waals surface area contributed by atoms with Crippen molar-refractivity contribution in [1.82, 2.24) is 20.2 Å². The lowest BCUT2D eigenvalue weighted by molar-refractivity contribution is -0.0655. The van der Waals surface area contributed by atoms with E-state index in [-0.39, 0.29) is 5.82 Å². The highest BCUT2D eigenvalue weighted by atomic mass is 16.6. The summed E-state index contributed by atoms with van der Waals surface area (Å²) in [5, 5.41) is 36.3. The fourth-order valence-corrected chi connectivity index (χ4v) is 2.47. The fraction of sp³-hybridized carbons (Fsp3) is 0.545. The number of nitrogens with two attached hydrogens (primary N) is 1. The van der Waals surface area contributed by atoms with Crippen LogP contribution in [0.1, 0.15) is 18.7 Å². The van der Waals surface area contributed by atoms with Gasteiger partial charge in [0.2, 0.25) is 0 Å². The summed E-state index contributed by atoms with van der Waals surface area (Å²) in [6.45, 7) is 1.02. The second-order valence-corrected chi connectivity index (χ2v) is 5.00. The number of anilines is 1.